The molecule has 5 heteroatoms. The Labute approximate surface area is 106 Å². The van der Waals surface area contributed by atoms with Gasteiger partial charge in [0.25, 0.3) is 0 Å². The fourth-order valence-corrected chi connectivity index (χ4v) is 1.24. The van der Waals surface area contributed by atoms with E-state index >= 15 is 0 Å². The van der Waals surface area contributed by atoms with Crippen molar-refractivity contribution in [2.45, 2.75) is 13.8 Å². The number of hydrogen-bond acceptors (Lipinski definition) is 5. The summed E-state index contributed by atoms with van der Waals surface area (Å²) in [4.78, 5) is 11.3. The lowest BCUT2D eigenvalue weighted by Gasteiger charge is -2.08. The highest BCUT2D eigenvalue weighted by atomic mass is 16.5. The van der Waals surface area contributed by atoms with E-state index in [0.29, 0.717) is 0 Å². The summed E-state index contributed by atoms with van der Waals surface area (Å²) in [6.45, 7) is 3.87. The van der Waals surface area contributed by atoms with Crippen molar-refractivity contribution in [2.24, 2.45) is 0 Å². The van der Waals surface area contributed by atoms with Crippen LogP contribution in [0.15, 0.2) is 36.0 Å². The van der Waals surface area contributed by atoms with Gasteiger partial charge in [0.15, 0.2) is 5.57 Å². The summed E-state index contributed by atoms with van der Waals surface area (Å²) in [7, 11) is 0. The highest BCUT2D eigenvalue weighted by molar-refractivity contribution is 5.92. The van der Waals surface area contributed by atoms with E-state index in [1.165, 1.54) is 6.20 Å². The first-order valence-corrected chi connectivity index (χ1v) is 5.53. The standard InChI is InChI=1S/C13H15N3O2/c1-3-18-13(17)11(8-14)9-15-16-12-7-5-4-6-10(12)2/h4-7,9,15-16H,3H2,1-2H3/b11-9+. The zero-order valence-corrected chi connectivity index (χ0v) is 10.4. The second-order valence-corrected chi connectivity index (χ2v) is 3.47. The van der Waals surface area contributed by atoms with E-state index in [2.05, 4.69) is 10.9 Å². The van der Waals surface area contributed by atoms with E-state index in [-0.39, 0.29) is 12.2 Å². The van der Waals surface area contributed by atoms with Crippen LogP contribution >= 0.6 is 0 Å². The molecule has 94 valence electrons. The second kappa shape index (κ2) is 6.97. The monoisotopic (exact) mass is 245 g/mol. The van der Waals surface area contributed by atoms with E-state index in [0.717, 1.165) is 11.3 Å². The summed E-state index contributed by atoms with van der Waals surface area (Å²) in [5.74, 6) is -0.640. The van der Waals surface area contributed by atoms with Gasteiger partial charge in [-0.3, -0.25) is 0 Å². The number of carbonyl (C=O) groups excluding carboxylic acids is 1. The first-order chi connectivity index (χ1) is 8.69. The van der Waals surface area contributed by atoms with Crippen molar-refractivity contribution in [3.63, 3.8) is 0 Å². The smallest absolute Gasteiger partial charge is 0.350 e. The predicted octanol–water partition coefficient (Wildman–Crippen LogP) is 1.88. The zero-order chi connectivity index (χ0) is 13.4. The number of nitrogens with one attached hydrogen (secondary N) is 2. The first kappa shape index (κ1) is 13.6. The largest absolute Gasteiger partial charge is 0.462 e. The number of hydrogen-bond donors (Lipinski definition) is 2. The molecule has 0 saturated carbocycles. The molecule has 0 saturated heterocycles. The Kier molecular flexibility index (Phi) is 5.26. The Balaban J connectivity index is 2.61. The maximum absolute atomic E-state index is 11.3. The van der Waals surface area contributed by atoms with Crippen molar-refractivity contribution >= 4 is 11.7 Å². The first-order valence-electron chi connectivity index (χ1n) is 5.53. The van der Waals surface area contributed by atoms with Crippen molar-refractivity contribution in [3.05, 3.63) is 41.6 Å². The highest BCUT2D eigenvalue weighted by Crippen LogP contribution is 2.11. The summed E-state index contributed by atoms with van der Waals surface area (Å²) in [6.07, 6.45) is 1.28. The average Bonchev–Trinajstić information content (AvgIpc) is 2.37. The van der Waals surface area contributed by atoms with Gasteiger partial charge in [0.05, 0.1) is 12.3 Å². The number of nitriles is 1. The third-order valence-electron chi connectivity index (χ3n) is 2.18. The van der Waals surface area contributed by atoms with Crippen LogP contribution in [0.5, 0.6) is 0 Å². The van der Waals surface area contributed by atoms with Gasteiger partial charge in [-0.2, -0.15) is 5.26 Å². The van der Waals surface area contributed by atoms with Gasteiger partial charge in [-0.25, -0.2) is 4.79 Å². The van der Waals surface area contributed by atoms with E-state index in [1.807, 2.05) is 31.2 Å². The quantitative estimate of drug-likeness (QED) is 0.358. The number of nitrogens with zero attached hydrogens (tertiary/aromatic N) is 1. The average molecular weight is 245 g/mol. The molecular weight excluding hydrogens is 230 g/mol. The molecule has 0 heterocycles. The molecule has 0 aliphatic rings. The van der Waals surface area contributed by atoms with Gasteiger partial charge in [0.2, 0.25) is 0 Å². The maximum atomic E-state index is 11.3. The Bertz CT molecular complexity index is 489. The number of ether oxygens (including phenoxy) is 1. The van der Waals surface area contributed by atoms with Gasteiger partial charge >= 0.3 is 5.97 Å². The van der Waals surface area contributed by atoms with E-state index in [1.54, 1.807) is 13.0 Å². The lowest BCUT2D eigenvalue weighted by Crippen LogP contribution is -2.18. The van der Waals surface area contributed by atoms with Crippen LogP contribution in [0.25, 0.3) is 0 Å². The minimum absolute atomic E-state index is 0.0852. The molecule has 5 nitrogen and oxygen atoms in total. The molecule has 0 aromatic heterocycles. The fraction of sp³-hybridized carbons (Fsp3) is 0.231. The highest BCUT2D eigenvalue weighted by Gasteiger charge is 2.08. The van der Waals surface area contributed by atoms with Crippen molar-refractivity contribution in [2.75, 3.05) is 12.0 Å². The Morgan fingerprint density at radius 2 is 2.22 bits per heavy atom. The molecule has 1 rings (SSSR count). The topological polar surface area (TPSA) is 74.2 Å². The van der Waals surface area contributed by atoms with Crippen LogP contribution in [0.2, 0.25) is 0 Å². The Morgan fingerprint density at radius 3 is 2.83 bits per heavy atom. The van der Waals surface area contributed by atoms with Gasteiger partial charge in [-0.15, -0.1) is 0 Å². The van der Waals surface area contributed by atoms with Crippen molar-refractivity contribution in [3.8, 4) is 6.07 Å². The minimum Gasteiger partial charge on any atom is -0.462 e. The second-order valence-electron chi connectivity index (χ2n) is 3.47. The number of hydrazine groups is 1. The molecule has 0 spiro atoms. The summed E-state index contributed by atoms with van der Waals surface area (Å²) in [6, 6.07) is 9.41. The van der Waals surface area contributed by atoms with Gasteiger partial charge in [-0.1, -0.05) is 18.2 Å². The number of aryl methyl sites for hydroxylation is 1. The molecule has 0 fully saturated rings. The number of benzene rings is 1. The summed E-state index contributed by atoms with van der Waals surface area (Å²) in [5, 5.41) is 8.79. The molecule has 18 heavy (non-hydrogen) atoms. The molecule has 0 radical (unpaired) electrons. The summed E-state index contributed by atoms with van der Waals surface area (Å²) in [5.41, 5.74) is 7.42. The molecule has 0 aliphatic heterocycles. The van der Waals surface area contributed by atoms with Crippen LogP contribution in [-0.4, -0.2) is 12.6 Å². The van der Waals surface area contributed by atoms with Crippen molar-refractivity contribution in [1.29, 1.82) is 5.26 Å². The third kappa shape index (κ3) is 3.83. The lowest BCUT2D eigenvalue weighted by molar-refractivity contribution is -0.138. The van der Waals surface area contributed by atoms with Crippen LogP contribution in [0.1, 0.15) is 12.5 Å². The predicted molar refractivity (Wildman–Crippen MR) is 68.3 cm³/mol. The SMILES string of the molecule is CCOC(=O)/C(C#N)=C/NNc1ccccc1C. The molecule has 1 aromatic carbocycles. The molecule has 1 aromatic rings. The van der Waals surface area contributed by atoms with E-state index in [9.17, 15) is 4.79 Å². The molecule has 2 N–H and O–H groups in total. The van der Waals surface area contributed by atoms with Crippen molar-refractivity contribution < 1.29 is 9.53 Å². The van der Waals surface area contributed by atoms with E-state index < -0.39 is 5.97 Å². The zero-order valence-electron chi connectivity index (χ0n) is 10.4. The number of para-hydroxylation sites is 1. The van der Waals surface area contributed by atoms with Crippen molar-refractivity contribution in [1.82, 2.24) is 5.43 Å². The maximum Gasteiger partial charge on any atom is 0.350 e. The van der Waals surface area contributed by atoms with Gasteiger partial charge in [0, 0.05) is 6.20 Å². The van der Waals surface area contributed by atoms with Crippen LogP contribution < -0.4 is 10.9 Å². The molecule has 0 unspecified atom stereocenters. The lowest BCUT2D eigenvalue weighted by atomic mass is 10.2. The van der Waals surface area contributed by atoms with Crippen LogP contribution in [-0.2, 0) is 9.53 Å². The number of rotatable bonds is 5. The molecular formula is C13H15N3O2. The summed E-state index contributed by atoms with van der Waals surface area (Å²) < 4.78 is 4.72. The van der Waals surface area contributed by atoms with Gasteiger partial charge in [-0.05, 0) is 25.5 Å². The number of anilines is 1. The Hall–Kier alpha value is -2.48. The normalized spacial score (nSPS) is 10.4. The molecule has 0 atom stereocenters. The summed E-state index contributed by atoms with van der Waals surface area (Å²) >= 11 is 0. The van der Waals surface area contributed by atoms with Crippen LogP contribution in [0.3, 0.4) is 0 Å². The minimum atomic E-state index is -0.640. The molecule has 0 amide bonds. The van der Waals surface area contributed by atoms with Gasteiger partial charge < -0.3 is 15.6 Å². The number of esters is 1. The Morgan fingerprint density at radius 1 is 1.50 bits per heavy atom. The number of carbonyl (C=O) groups is 1. The van der Waals surface area contributed by atoms with Crippen LogP contribution in [0, 0.1) is 18.3 Å². The van der Waals surface area contributed by atoms with Crippen LogP contribution in [0.4, 0.5) is 5.69 Å². The molecule has 0 bridgehead atoms. The fourth-order valence-electron chi connectivity index (χ4n) is 1.24. The van der Waals surface area contributed by atoms with E-state index in [4.69, 9.17) is 10.00 Å². The molecule has 0 aliphatic carbocycles. The third-order valence-corrected chi connectivity index (χ3v) is 2.18. The van der Waals surface area contributed by atoms with Gasteiger partial charge in [0.1, 0.15) is 6.07 Å².